The van der Waals surface area contributed by atoms with E-state index >= 15 is 0 Å². The fraction of sp³-hybridized carbons (Fsp3) is 0.929. The molecule has 1 aliphatic rings. The first-order chi connectivity index (χ1) is 8.40. The topological polar surface area (TPSA) is 49.6 Å². The summed E-state index contributed by atoms with van der Waals surface area (Å²) in [5.74, 6) is 0.778. The van der Waals surface area contributed by atoms with Crippen LogP contribution < -0.4 is 5.73 Å². The van der Waals surface area contributed by atoms with Crippen LogP contribution in [0.3, 0.4) is 0 Å². The van der Waals surface area contributed by atoms with Gasteiger partial charge in [-0.1, -0.05) is 13.8 Å². The van der Waals surface area contributed by atoms with Gasteiger partial charge in [0.2, 0.25) is 5.91 Å². The predicted octanol–water partition coefficient (Wildman–Crippen LogP) is 1.30. The van der Waals surface area contributed by atoms with Crippen molar-refractivity contribution < 1.29 is 4.79 Å². The van der Waals surface area contributed by atoms with Crippen LogP contribution >= 0.6 is 0 Å². The fourth-order valence-corrected chi connectivity index (χ4v) is 2.39. The molecule has 4 heteroatoms. The molecule has 1 heterocycles. The first kappa shape index (κ1) is 15.4. The maximum absolute atomic E-state index is 12.3. The molecular weight excluding hydrogens is 226 g/mol. The second kappa shape index (κ2) is 7.10. The van der Waals surface area contributed by atoms with Gasteiger partial charge in [0.1, 0.15) is 0 Å². The van der Waals surface area contributed by atoms with Crippen molar-refractivity contribution in [2.75, 3.05) is 26.2 Å². The first-order valence-electron chi connectivity index (χ1n) is 7.17. The number of hydrogen-bond donors (Lipinski definition) is 1. The summed E-state index contributed by atoms with van der Waals surface area (Å²) in [5, 5.41) is 0. The third-order valence-corrected chi connectivity index (χ3v) is 3.50. The van der Waals surface area contributed by atoms with Gasteiger partial charge in [-0.25, -0.2) is 0 Å². The third kappa shape index (κ3) is 4.94. The van der Waals surface area contributed by atoms with Crippen LogP contribution in [0.5, 0.6) is 0 Å². The molecule has 106 valence electrons. The number of piperidine rings is 1. The lowest BCUT2D eigenvalue weighted by Gasteiger charge is -2.34. The van der Waals surface area contributed by atoms with Gasteiger partial charge in [-0.15, -0.1) is 0 Å². The summed E-state index contributed by atoms with van der Waals surface area (Å²) >= 11 is 0. The van der Waals surface area contributed by atoms with Crippen LogP contribution in [0.15, 0.2) is 0 Å². The van der Waals surface area contributed by atoms with Gasteiger partial charge in [0.05, 0.1) is 6.54 Å². The highest BCUT2D eigenvalue weighted by Gasteiger charge is 2.23. The smallest absolute Gasteiger partial charge is 0.236 e. The van der Waals surface area contributed by atoms with Crippen LogP contribution in [0.4, 0.5) is 0 Å². The molecule has 18 heavy (non-hydrogen) atoms. The molecule has 0 saturated carbocycles. The van der Waals surface area contributed by atoms with E-state index in [1.54, 1.807) is 0 Å². The Balaban J connectivity index is 2.46. The summed E-state index contributed by atoms with van der Waals surface area (Å²) in [6, 6.07) is 0.611. The largest absolute Gasteiger partial charge is 0.339 e. The van der Waals surface area contributed by atoms with Crippen LogP contribution in [0.1, 0.15) is 40.5 Å². The van der Waals surface area contributed by atoms with Crippen LogP contribution in [0.25, 0.3) is 0 Å². The lowest BCUT2D eigenvalue weighted by Crippen LogP contribution is -2.48. The lowest BCUT2D eigenvalue weighted by molar-refractivity contribution is -0.135. The van der Waals surface area contributed by atoms with Gasteiger partial charge in [0.15, 0.2) is 0 Å². The Morgan fingerprint density at radius 2 is 1.83 bits per heavy atom. The van der Waals surface area contributed by atoms with E-state index in [0.29, 0.717) is 18.5 Å². The molecule has 1 aliphatic heterocycles. The van der Waals surface area contributed by atoms with Crippen LogP contribution in [-0.2, 0) is 4.79 Å². The molecule has 0 radical (unpaired) electrons. The Bertz CT molecular complexity index is 258. The number of nitrogens with two attached hydrogens (primary N) is 1. The molecular formula is C14H29N3O. The van der Waals surface area contributed by atoms with Crippen molar-refractivity contribution in [1.29, 1.82) is 0 Å². The number of carbonyl (C=O) groups is 1. The van der Waals surface area contributed by atoms with Crippen LogP contribution in [-0.4, -0.2) is 54.0 Å². The maximum atomic E-state index is 12.3. The van der Waals surface area contributed by atoms with Gasteiger partial charge >= 0.3 is 0 Å². The molecule has 0 aromatic heterocycles. The minimum Gasteiger partial charge on any atom is -0.339 e. The predicted molar refractivity (Wildman–Crippen MR) is 75.3 cm³/mol. The number of carbonyl (C=O) groups excluding carboxylic acids is 1. The lowest BCUT2D eigenvalue weighted by atomic mass is 10.1. The Kier molecular flexibility index (Phi) is 6.09. The molecule has 4 nitrogen and oxygen atoms in total. The molecule has 0 atom stereocenters. The molecule has 2 N–H and O–H groups in total. The standard InChI is InChI=1S/C14H29N3O/c1-11(2)9-17(12(3)4)14(18)10-16-7-5-13(15)6-8-16/h11-13H,5-10,15H2,1-4H3. The molecule has 0 bridgehead atoms. The minimum atomic E-state index is 0.258. The second-order valence-corrected chi connectivity index (χ2v) is 6.15. The Morgan fingerprint density at radius 3 is 2.28 bits per heavy atom. The van der Waals surface area contributed by atoms with E-state index in [0.717, 1.165) is 32.5 Å². The van der Waals surface area contributed by atoms with Crippen molar-refractivity contribution in [3.63, 3.8) is 0 Å². The summed E-state index contributed by atoms with van der Waals surface area (Å²) in [6.45, 7) is 11.8. The highest BCUT2D eigenvalue weighted by atomic mass is 16.2. The summed E-state index contributed by atoms with van der Waals surface area (Å²) in [7, 11) is 0. The van der Waals surface area contributed by atoms with Gasteiger partial charge in [0, 0.05) is 31.7 Å². The number of nitrogens with zero attached hydrogens (tertiary/aromatic N) is 2. The number of rotatable bonds is 5. The quantitative estimate of drug-likeness (QED) is 0.805. The first-order valence-corrected chi connectivity index (χ1v) is 7.17. The van der Waals surface area contributed by atoms with E-state index in [4.69, 9.17) is 5.73 Å². The van der Waals surface area contributed by atoms with Crippen LogP contribution in [0.2, 0.25) is 0 Å². The average molecular weight is 255 g/mol. The molecule has 0 aromatic rings. The van der Waals surface area contributed by atoms with Crippen molar-refractivity contribution in [2.45, 2.75) is 52.6 Å². The van der Waals surface area contributed by atoms with Gasteiger partial charge in [0.25, 0.3) is 0 Å². The molecule has 0 unspecified atom stereocenters. The molecule has 0 aliphatic carbocycles. The number of hydrogen-bond acceptors (Lipinski definition) is 3. The van der Waals surface area contributed by atoms with Gasteiger partial charge in [-0.3, -0.25) is 9.69 Å². The number of amides is 1. The zero-order chi connectivity index (χ0) is 13.7. The van der Waals surface area contributed by atoms with Crippen molar-refractivity contribution in [2.24, 2.45) is 11.7 Å². The summed E-state index contributed by atoms with van der Waals surface area (Å²) < 4.78 is 0. The Hall–Kier alpha value is -0.610. The zero-order valence-corrected chi connectivity index (χ0v) is 12.4. The van der Waals surface area contributed by atoms with E-state index in [9.17, 15) is 4.79 Å². The van der Waals surface area contributed by atoms with Crippen LogP contribution in [0, 0.1) is 5.92 Å². The SMILES string of the molecule is CC(C)CN(C(=O)CN1CCC(N)CC1)C(C)C. The van der Waals surface area contributed by atoms with Gasteiger partial charge in [-0.2, -0.15) is 0 Å². The number of likely N-dealkylation sites (tertiary alicyclic amines) is 1. The molecule has 1 rings (SSSR count). The van der Waals surface area contributed by atoms with E-state index in [1.165, 1.54) is 0 Å². The highest BCUT2D eigenvalue weighted by Crippen LogP contribution is 2.10. The molecule has 0 spiro atoms. The minimum absolute atomic E-state index is 0.258. The zero-order valence-electron chi connectivity index (χ0n) is 12.4. The van der Waals surface area contributed by atoms with Gasteiger partial charge in [-0.05, 0) is 32.6 Å². The summed E-state index contributed by atoms with van der Waals surface area (Å²) in [4.78, 5) is 16.6. The van der Waals surface area contributed by atoms with Crippen molar-refractivity contribution in [1.82, 2.24) is 9.80 Å². The van der Waals surface area contributed by atoms with E-state index in [2.05, 4.69) is 32.6 Å². The highest BCUT2D eigenvalue weighted by molar-refractivity contribution is 5.78. The molecule has 1 amide bonds. The Morgan fingerprint density at radius 1 is 1.28 bits per heavy atom. The van der Waals surface area contributed by atoms with E-state index in [1.807, 2.05) is 4.90 Å². The maximum Gasteiger partial charge on any atom is 0.236 e. The summed E-state index contributed by atoms with van der Waals surface area (Å²) in [5.41, 5.74) is 5.88. The van der Waals surface area contributed by atoms with Crippen molar-refractivity contribution in [3.05, 3.63) is 0 Å². The van der Waals surface area contributed by atoms with E-state index in [-0.39, 0.29) is 11.9 Å². The van der Waals surface area contributed by atoms with Crippen molar-refractivity contribution >= 4 is 5.91 Å². The third-order valence-electron chi connectivity index (χ3n) is 3.50. The molecule has 0 aromatic carbocycles. The van der Waals surface area contributed by atoms with E-state index < -0.39 is 0 Å². The second-order valence-electron chi connectivity index (χ2n) is 6.15. The fourth-order valence-electron chi connectivity index (χ4n) is 2.39. The monoisotopic (exact) mass is 255 g/mol. The Labute approximate surface area is 111 Å². The molecule has 1 saturated heterocycles. The van der Waals surface area contributed by atoms with Gasteiger partial charge < -0.3 is 10.6 Å². The van der Waals surface area contributed by atoms with Crippen molar-refractivity contribution in [3.8, 4) is 0 Å². The normalized spacial score (nSPS) is 18.6. The summed E-state index contributed by atoms with van der Waals surface area (Å²) in [6.07, 6.45) is 2.03. The average Bonchev–Trinajstić information content (AvgIpc) is 2.28. The molecule has 1 fully saturated rings.